The molecule has 0 aromatic heterocycles. The maximum atomic E-state index is 7.17. The zero-order valence-corrected chi connectivity index (χ0v) is 4.92. The van der Waals surface area contributed by atoms with Gasteiger partial charge in [-0.15, -0.1) is 0 Å². The summed E-state index contributed by atoms with van der Waals surface area (Å²) in [5.74, 6) is 0. The van der Waals surface area contributed by atoms with E-state index in [1.807, 2.05) is 0 Å². The third kappa shape index (κ3) is 84.4. The number of hydrogen-bond donors (Lipinski definition) is 3. The molecule has 0 bridgehead atoms. The van der Waals surface area contributed by atoms with E-state index in [1.165, 1.54) is 0 Å². The first kappa shape index (κ1) is 23.3. The molecule has 0 amide bonds. The Labute approximate surface area is 83.0 Å². The number of rotatable bonds is 0. The smallest absolute Gasteiger partial charge is 1.00 e. The minimum atomic E-state index is -2.17. The van der Waals surface area contributed by atoms with E-state index < -0.39 is 7.32 Å². The Balaban J connectivity index is -0.00000000300. The van der Waals surface area contributed by atoms with Crippen molar-refractivity contribution in [3.8, 4) is 0 Å². The van der Waals surface area contributed by atoms with E-state index in [2.05, 4.69) is 0 Å². The zero-order valence-electron chi connectivity index (χ0n) is 7.92. The topological polar surface area (TPSA) is 60.7 Å². The molecule has 0 aliphatic heterocycles. The van der Waals surface area contributed by atoms with Crippen LogP contribution in [0.3, 0.4) is 0 Å². The van der Waals surface area contributed by atoms with Gasteiger partial charge in [0.25, 0.3) is 0 Å². The second kappa shape index (κ2) is 15.6. The molecule has 0 spiro atoms. The van der Waals surface area contributed by atoms with Gasteiger partial charge in [0.05, 0.1) is 0 Å². The van der Waals surface area contributed by atoms with Crippen LogP contribution in [0.4, 0.5) is 0 Å². The molecule has 0 saturated carbocycles. The first-order valence-electron chi connectivity index (χ1n) is 0.775. The fourth-order valence-corrected chi connectivity index (χ4v) is 0. The van der Waals surface area contributed by atoms with E-state index in [1.54, 1.807) is 0 Å². The maximum Gasteiger partial charge on any atom is 1.00 e. The summed E-state index contributed by atoms with van der Waals surface area (Å²) in [6, 6.07) is 0. The van der Waals surface area contributed by atoms with Gasteiger partial charge in [0.15, 0.2) is 0 Å². The van der Waals surface area contributed by atoms with Crippen molar-refractivity contribution in [2.75, 3.05) is 0 Å². The molecular weight excluding hydrogens is 79.6 g/mol. The van der Waals surface area contributed by atoms with Crippen molar-refractivity contribution >= 4 is 7.32 Å². The van der Waals surface area contributed by atoms with E-state index in [4.69, 9.17) is 15.1 Å². The summed E-state index contributed by atoms with van der Waals surface area (Å²) in [4.78, 5) is 0. The van der Waals surface area contributed by atoms with Gasteiger partial charge < -0.3 is 19.4 Å². The molecule has 30 valence electrons. The summed E-state index contributed by atoms with van der Waals surface area (Å²) in [5, 5.41) is 21.5. The van der Waals surface area contributed by atoms with E-state index in [0.717, 1.165) is 0 Å². The van der Waals surface area contributed by atoms with Gasteiger partial charge in [-0.2, -0.15) is 0 Å². The van der Waals surface area contributed by atoms with Crippen LogP contribution in [0.25, 0.3) is 0 Å². The molecule has 0 aliphatic carbocycles. The molecule has 0 atom stereocenters. The minimum absolute atomic E-state index is 0. The first-order chi connectivity index (χ1) is 1.73. The van der Waals surface area contributed by atoms with Crippen LogP contribution in [-0.4, -0.2) is 22.4 Å². The van der Waals surface area contributed by atoms with Crippen molar-refractivity contribution in [1.29, 1.82) is 0 Å². The Morgan fingerprint density at radius 1 is 0.857 bits per heavy atom. The number of hydrogen-bond acceptors (Lipinski definition) is 3. The molecule has 3 nitrogen and oxygen atoms in total. The molecule has 0 aromatic rings. The van der Waals surface area contributed by atoms with Gasteiger partial charge in [-0.05, 0) is 0 Å². The average Bonchev–Trinajstić information content (AvgIpc) is 0.811. The van der Waals surface area contributed by atoms with Gasteiger partial charge in [-0.1, -0.05) is 0 Å². The van der Waals surface area contributed by atoms with Crippen molar-refractivity contribution in [2.24, 2.45) is 0 Å². The molecule has 7 heavy (non-hydrogen) atoms. The fraction of sp³-hybridized carbons (Fsp3) is 0. The van der Waals surface area contributed by atoms with Gasteiger partial charge >= 0.3 is 63.9 Å². The van der Waals surface area contributed by atoms with Crippen molar-refractivity contribution in [2.45, 2.75) is 0 Å². The Morgan fingerprint density at radius 2 is 0.857 bits per heavy atom. The Kier molecular flexibility index (Phi) is 52.1. The molecule has 0 aliphatic rings. The van der Waals surface area contributed by atoms with E-state index in [0.29, 0.717) is 0 Å². The van der Waals surface area contributed by atoms with Crippen LogP contribution in [0.15, 0.2) is 0 Å². The van der Waals surface area contributed by atoms with Crippen molar-refractivity contribution in [3.05, 3.63) is 0 Å². The SMILES string of the molecule is OB(O)O.[H-].[H-].[H-].[Li+].[Li+].[Li+]. The molecule has 0 saturated heterocycles. The second-order valence-electron chi connectivity index (χ2n) is 0.346. The average molecular weight is 85.7 g/mol. The van der Waals surface area contributed by atoms with E-state index >= 15 is 0 Å². The monoisotopic (exact) mass is 86.1 g/mol. The van der Waals surface area contributed by atoms with Gasteiger partial charge in [-0.25, -0.2) is 0 Å². The van der Waals surface area contributed by atoms with Crippen LogP contribution in [0.2, 0.25) is 0 Å². The van der Waals surface area contributed by atoms with Crippen LogP contribution < -0.4 is 56.6 Å². The summed E-state index contributed by atoms with van der Waals surface area (Å²) in [6.45, 7) is 0. The second-order valence-corrected chi connectivity index (χ2v) is 0.346. The first-order valence-corrected chi connectivity index (χ1v) is 0.775. The summed E-state index contributed by atoms with van der Waals surface area (Å²) in [7, 11) is -2.17. The van der Waals surface area contributed by atoms with Crippen LogP contribution in [0, 0.1) is 0 Å². The molecule has 7 heteroatoms. The summed E-state index contributed by atoms with van der Waals surface area (Å²) >= 11 is 0. The molecule has 0 rings (SSSR count). The molecular formula is H6BLi3O3. The Morgan fingerprint density at radius 3 is 0.857 bits per heavy atom. The van der Waals surface area contributed by atoms with Crippen LogP contribution in [0.1, 0.15) is 4.28 Å². The molecule has 0 unspecified atom stereocenters. The predicted molar refractivity (Wildman–Crippen MR) is 15.7 cm³/mol. The van der Waals surface area contributed by atoms with Gasteiger partial charge in [0.1, 0.15) is 0 Å². The van der Waals surface area contributed by atoms with Crippen molar-refractivity contribution in [3.63, 3.8) is 0 Å². The van der Waals surface area contributed by atoms with Crippen LogP contribution in [-0.2, 0) is 0 Å². The van der Waals surface area contributed by atoms with Crippen LogP contribution in [0.5, 0.6) is 0 Å². The molecule has 0 fully saturated rings. The summed E-state index contributed by atoms with van der Waals surface area (Å²) in [6.07, 6.45) is 0. The van der Waals surface area contributed by atoms with Gasteiger partial charge in [0.2, 0.25) is 0 Å². The summed E-state index contributed by atoms with van der Waals surface area (Å²) in [5.41, 5.74) is 0. The molecule has 0 heterocycles. The minimum Gasteiger partial charge on any atom is -1.00 e. The predicted octanol–water partition coefficient (Wildman–Crippen LogP) is -10.7. The normalized spacial score (nSPS) is 3.86. The molecule has 3 N–H and O–H groups in total. The fourth-order valence-electron chi connectivity index (χ4n) is 0. The van der Waals surface area contributed by atoms with Crippen molar-refractivity contribution < 1.29 is 75.9 Å². The maximum absolute atomic E-state index is 7.17. The Hall–Kier alpha value is 1.74. The van der Waals surface area contributed by atoms with Crippen LogP contribution >= 0.6 is 0 Å². The third-order valence-electron chi connectivity index (χ3n) is 0. The largest absolute Gasteiger partial charge is 1.00 e. The van der Waals surface area contributed by atoms with E-state index in [-0.39, 0.29) is 60.9 Å². The van der Waals surface area contributed by atoms with Crippen molar-refractivity contribution in [1.82, 2.24) is 0 Å². The zero-order chi connectivity index (χ0) is 3.58. The van der Waals surface area contributed by atoms with Gasteiger partial charge in [0, 0.05) is 0 Å². The summed E-state index contributed by atoms with van der Waals surface area (Å²) < 4.78 is 0. The van der Waals surface area contributed by atoms with Gasteiger partial charge in [-0.3, -0.25) is 0 Å². The third-order valence-corrected chi connectivity index (χ3v) is 0. The van der Waals surface area contributed by atoms with E-state index in [9.17, 15) is 0 Å². The standard InChI is InChI=1S/BH3O3.3Li.3H/c2-1(3)4;;;;;;/h2-4H;;;;;;/q;3*+1;3*-1. The quantitative estimate of drug-likeness (QED) is 0.256. The molecule has 0 radical (unpaired) electrons. The Bertz CT molecular complexity index is 23.7. The molecule has 0 aromatic carbocycles.